The van der Waals surface area contributed by atoms with Crippen LogP contribution in [0.1, 0.15) is 19.8 Å². The predicted octanol–water partition coefficient (Wildman–Crippen LogP) is 3.29. The number of amides is 1. The molecular weight excluding hydrogens is 524 g/mol. The molecule has 0 aromatic heterocycles. The first-order valence-corrected chi connectivity index (χ1v) is 13.0. The average Bonchev–Trinajstić information content (AvgIpc) is 2.76. The Balaban J connectivity index is 2.66. The minimum absolute atomic E-state index is 0.0576. The van der Waals surface area contributed by atoms with E-state index >= 15 is 0 Å². The standard InChI is InChI=1S/C19H25ClF3N2O7PS/c1-2-3-10-32-16(26)13-25(17(27)18(21,22)23)19(33(28,29)30,24-8-11-31-12-9-24)34-15-6-4-14(20)5-7-15/h4-7H,2-3,8-13H2,1H3,(H2,28,29,30). The molecule has 1 unspecified atom stereocenters. The van der Waals surface area contributed by atoms with Crippen LogP contribution in [-0.2, 0) is 23.6 Å². The van der Waals surface area contributed by atoms with E-state index in [2.05, 4.69) is 0 Å². The van der Waals surface area contributed by atoms with E-state index in [9.17, 15) is 37.1 Å². The van der Waals surface area contributed by atoms with Crippen LogP contribution in [0.25, 0.3) is 0 Å². The summed E-state index contributed by atoms with van der Waals surface area (Å²) in [5.74, 6) is -3.81. The second-order valence-electron chi connectivity index (χ2n) is 7.24. The second kappa shape index (κ2) is 12.1. The molecular formula is C19H25ClF3N2O7PS. The van der Waals surface area contributed by atoms with Gasteiger partial charge in [-0.15, -0.1) is 0 Å². The number of carbonyl (C=O) groups is 2. The molecule has 1 amide bonds. The molecule has 1 aliphatic rings. The minimum atomic E-state index is -5.62. The molecule has 0 saturated carbocycles. The Labute approximate surface area is 203 Å². The molecule has 1 aliphatic heterocycles. The van der Waals surface area contributed by atoms with Gasteiger partial charge in [0, 0.05) is 23.0 Å². The maximum atomic E-state index is 13.7. The molecule has 1 heterocycles. The van der Waals surface area contributed by atoms with Crippen LogP contribution in [0, 0.1) is 0 Å². The van der Waals surface area contributed by atoms with E-state index in [-0.39, 0.29) is 47.7 Å². The number of hydrogen-bond donors (Lipinski definition) is 2. The Morgan fingerprint density at radius 2 is 1.82 bits per heavy atom. The van der Waals surface area contributed by atoms with Gasteiger partial charge in [0.25, 0.3) is 4.74 Å². The smallest absolute Gasteiger partial charge is 0.464 e. The number of thioether (sulfide) groups is 1. The number of benzene rings is 1. The third-order valence-electron chi connectivity index (χ3n) is 4.76. The van der Waals surface area contributed by atoms with Crippen LogP contribution >= 0.6 is 31.0 Å². The normalized spacial score (nSPS) is 17.1. The lowest BCUT2D eigenvalue weighted by Crippen LogP contribution is -2.65. The molecule has 1 aromatic rings. The Bertz CT molecular complexity index is 897. The zero-order valence-electron chi connectivity index (χ0n) is 18.2. The van der Waals surface area contributed by atoms with Gasteiger partial charge in [-0.1, -0.05) is 36.7 Å². The zero-order valence-corrected chi connectivity index (χ0v) is 20.6. The van der Waals surface area contributed by atoms with Crippen molar-refractivity contribution in [1.29, 1.82) is 0 Å². The van der Waals surface area contributed by atoms with Crippen molar-refractivity contribution in [3.8, 4) is 0 Å². The number of hydrogen-bond acceptors (Lipinski definition) is 7. The van der Waals surface area contributed by atoms with E-state index < -0.39 is 36.9 Å². The molecule has 0 aliphatic carbocycles. The number of morpholine rings is 1. The van der Waals surface area contributed by atoms with Crippen LogP contribution in [0.5, 0.6) is 0 Å². The number of nitrogens with zero attached hydrogens (tertiary/aromatic N) is 2. The van der Waals surface area contributed by atoms with Gasteiger partial charge in [0.2, 0.25) is 0 Å². The van der Waals surface area contributed by atoms with Crippen molar-refractivity contribution < 1.29 is 46.6 Å². The summed E-state index contributed by atoms with van der Waals surface area (Å²) in [5, 5.41) is 0.278. The maximum Gasteiger partial charge on any atom is 0.471 e. The van der Waals surface area contributed by atoms with Crippen LogP contribution in [0.15, 0.2) is 29.2 Å². The van der Waals surface area contributed by atoms with Crippen LogP contribution in [0.4, 0.5) is 13.2 Å². The van der Waals surface area contributed by atoms with Gasteiger partial charge in [-0.3, -0.25) is 24.0 Å². The van der Waals surface area contributed by atoms with E-state index in [0.717, 1.165) is 4.90 Å². The monoisotopic (exact) mass is 548 g/mol. The highest BCUT2D eigenvalue weighted by Crippen LogP contribution is 2.63. The number of rotatable bonds is 10. The third kappa shape index (κ3) is 7.09. The first-order valence-electron chi connectivity index (χ1n) is 10.2. The largest absolute Gasteiger partial charge is 0.471 e. The van der Waals surface area contributed by atoms with E-state index in [0.29, 0.717) is 24.6 Å². The first kappa shape index (κ1) is 28.9. The van der Waals surface area contributed by atoms with Crippen LogP contribution < -0.4 is 0 Å². The lowest BCUT2D eigenvalue weighted by molar-refractivity contribution is -0.193. The summed E-state index contributed by atoms with van der Waals surface area (Å²) in [6, 6.07) is 5.44. The van der Waals surface area contributed by atoms with Crippen molar-refractivity contribution in [2.45, 2.75) is 35.6 Å². The van der Waals surface area contributed by atoms with Crippen molar-refractivity contribution in [3.05, 3.63) is 29.3 Å². The highest BCUT2D eigenvalue weighted by molar-refractivity contribution is 8.06. The highest BCUT2D eigenvalue weighted by atomic mass is 35.5. The van der Waals surface area contributed by atoms with Gasteiger partial charge in [-0.25, -0.2) is 0 Å². The topological polar surface area (TPSA) is 117 Å². The molecule has 34 heavy (non-hydrogen) atoms. The zero-order chi connectivity index (χ0) is 25.6. The van der Waals surface area contributed by atoms with Gasteiger partial charge in [0.05, 0.1) is 19.8 Å². The van der Waals surface area contributed by atoms with Crippen molar-refractivity contribution in [3.63, 3.8) is 0 Å². The number of esters is 1. The molecule has 1 aromatic carbocycles. The summed E-state index contributed by atoms with van der Waals surface area (Å²) < 4.78 is 61.2. The first-order chi connectivity index (χ1) is 15.8. The Morgan fingerprint density at radius 1 is 1.24 bits per heavy atom. The molecule has 0 bridgehead atoms. The van der Waals surface area contributed by atoms with Gasteiger partial charge in [0.15, 0.2) is 0 Å². The van der Waals surface area contributed by atoms with E-state index in [4.69, 9.17) is 21.1 Å². The lowest BCUT2D eigenvalue weighted by atomic mass is 10.3. The summed E-state index contributed by atoms with van der Waals surface area (Å²) in [4.78, 5) is 46.9. The summed E-state index contributed by atoms with van der Waals surface area (Å²) in [6.45, 7) is -0.182. The summed E-state index contributed by atoms with van der Waals surface area (Å²) >= 11 is 6.19. The summed E-state index contributed by atoms with van der Waals surface area (Å²) in [7, 11) is -5.62. The fraction of sp³-hybridized carbons (Fsp3) is 0.579. The second-order valence-corrected chi connectivity index (χ2v) is 10.9. The number of carbonyl (C=O) groups excluding carboxylic acids is 2. The molecule has 2 N–H and O–H groups in total. The quantitative estimate of drug-likeness (QED) is 0.149. The number of halogens is 4. The minimum Gasteiger partial charge on any atom is -0.464 e. The molecule has 2 rings (SSSR count). The fourth-order valence-corrected chi connectivity index (χ4v) is 6.29. The molecule has 15 heteroatoms. The fourth-order valence-electron chi connectivity index (χ4n) is 3.17. The van der Waals surface area contributed by atoms with Crippen molar-refractivity contribution in [2.24, 2.45) is 0 Å². The average molecular weight is 549 g/mol. The van der Waals surface area contributed by atoms with Crippen LogP contribution in [0.2, 0.25) is 5.02 Å². The predicted molar refractivity (Wildman–Crippen MR) is 118 cm³/mol. The van der Waals surface area contributed by atoms with Gasteiger partial charge in [-0.05, 0) is 30.7 Å². The van der Waals surface area contributed by atoms with Crippen molar-refractivity contribution >= 4 is 42.8 Å². The lowest BCUT2D eigenvalue weighted by Gasteiger charge is -2.50. The summed E-state index contributed by atoms with van der Waals surface area (Å²) in [5.41, 5.74) is 0. The van der Waals surface area contributed by atoms with Crippen LogP contribution in [-0.4, -0.2) is 81.8 Å². The molecule has 192 valence electrons. The Morgan fingerprint density at radius 3 is 2.32 bits per heavy atom. The third-order valence-corrected chi connectivity index (χ3v) is 8.54. The molecule has 1 atom stereocenters. The SMILES string of the molecule is CCCCOC(=O)CN(C(=O)C(F)(F)F)C(Sc1ccc(Cl)cc1)(N1CCOCC1)P(=O)(O)O. The van der Waals surface area contributed by atoms with Gasteiger partial charge in [0.1, 0.15) is 6.54 Å². The van der Waals surface area contributed by atoms with Gasteiger partial charge >= 0.3 is 25.6 Å². The Kier molecular flexibility index (Phi) is 10.3. The van der Waals surface area contributed by atoms with Crippen molar-refractivity contribution in [2.75, 3.05) is 39.5 Å². The highest BCUT2D eigenvalue weighted by Gasteiger charge is 2.63. The maximum absolute atomic E-state index is 13.7. The molecule has 0 spiro atoms. The number of alkyl halides is 3. The summed E-state index contributed by atoms with van der Waals surface area (Å²) in [6.07, 6.45) is -4.48. The van der Waals surface area contributed by atoms with E-state index in [1.807, 2.05) is 0 Å². The molecule has 1 saturated heterocycles. The molecule has 0 radical (unpaired) electrons. The number of unbranched alkanes of at least 4 members (excludes halogenated alkanes) is 1. The van der Waals surface area contributed by atoms with Gasteiger partial charge in [-0.2, -0.15) is 13.2 Å². The molecule has 9 nitrogen and oxygen atoms in total. The van der Waals surface area contributed by atoms with Crippen LogP contribution in [0.3, 0.4) is 0 Å². The van der Waals surface area contributed by atoms with E-state index in [1.165, 1.54) is 24.3 Å². The number of ether oxygens (including phenoxy) is 2. The molecule has 1 fully saturated rings. The van der Waals surface area contributed by atoms with E-state index in [1.54, 1.807) is 6.92 Å². The van der Waals surface area contributed by atoms with Gasteiger partial charge < -0.3 is 19.3 Å². The van der Waals surface area contributed by atoms with Crippen molar-refractivity contribution in [1.82, 2.24) is 9.80 Å². The Hall–Kier alpha value is -1.34.